The molecule has 2 rings (SSSR count). The summed E-state index contributed by atoms with van der Waals surface area (Å²) in [6, 6.07) is 0.385. The second-order valence-corrected chi connectivity index (χ2v) is 6.23. The highest BCUT2D eigenvalue weighted by molar-refractivity contribution is 7.15. The number of nitrogens with zero attached hydrogens (tertiary/aromatic N) is 2. The molecule has 0 aromatic carbocycles. The summed E-state index contributed by atoms with van der Waals surface area (Å²) in [5.41, 5.74) is 0. The van der Waals surface area contributed by atoms with Crippen LogP contribution in [0.1, 0.15) is 44.0 Å². The van der Waals surface area contributed by atoms with Crippen LogP contribution in [0.5, 0.6) is 0 Å². The molecule has 1 saturated heterocycles. The lowest BCUT2D eigenvalue weighted by atomic mass is 10.1. The number of hydrogen-bond donors (Lipinski definition) is 1. The molecular formula is C14H25N3OS. The van der Waals surface area contributed by atoms with E-state index in [1.54, 1.807) is 11.3 Å². The van der Waals surface area contributed by atoms with Crippen molar-refractivity contribution in [1.82, 2.24) is 10.3 Å². The van der Waals surface area contributed by atoms with Gasteiger partial charge in [-0.2, -0.15) is 0 Å². The fourth-order valence-electron chi connectivity index (χ4n) is 2.40. The third-order valence-electron chi connectivity index (χ3n) is 3.53. The monoisotopic (exact) mass is 283 g/mol. The van der Waals surface area contributed by atoms with Gasteiger partial charge in [0.25, 0.3) is 0 Å². The van der Waals surface area contributed by atoms with Crippen molar-refractivity contribution in [3.8, 4) is 0 Å². The van der Waals surface area contributed by atoms with Crippen molar-refractivity contribution in [2.45, 2.75) is 45.3 Å². The summed E-state index contributed by atoms with van der Waals surface area (Å²) in [5.74, 6) is 0. The summed E-state index contributed by atoms with van der Waals surface area (Å²) in [4.78, 5) is 8.06. The lowest BCUT2D eigenvalue weighted by Crippen LogP contribution is -2.33. The molecule has 0 spiro atoms. The van der Waals surface area contributed by atoms with E-state index in [1.807, 2.05) is 6.20 Å². The first-order valence-corrected chi connectivity index (χ1v) is 8.04. The fraction of sp³-hybridized carbons (Fsp3) is 0.786. The van der Waals surface area contributed by atoms with Crippen LogP contribution in [0.3, 0.4) is 0 Å². The van der Waals surface area contributed by atoms with Crippen molar-refractivity contribution in [3.63, 3.8) is 0 Å². The number of rotatable bonds is 6. The van der Waals surface area contributed by atoms with Gasteiger partial charge in [-0.3, -0.25) is 0 Å². The zero-order valence-corrected chi connectivity index (χ0v) is 13.0. The smallest absolute Gasteiger partial charge is 0.185 e. The molecule has 0 amide bonds. The highest BCUT2D eigenvalue weighted by Crippen LogP contribution is 2.27. The molecule has 108 valence electrons. The van der Waals surface area contributed by atoms with Crippen molar-refractivity contribution in [1.29, 1.82) is 0 Å². The van der Waals surface area contributed by atoms with E-state index in [0.717, 1.165) is 24.8 Å². The van der Waals surface area contributed by atoms with Gasteiger partial charge in [0.05, 0.1) is 6.10 Å². The minimum Gasteiger partial charge on any atom is -0.376 e. The fourth-order valence-corrected chi connectivity index (χ4v) is 3.31. The number of likely N-dealkylation sites (N-methyl/N-ethyl adjacent to an activating group) is 1. The Balaban J connectivity index is 1.89. The predicted molar refractivity (Wildman–Crippen MR) is 81.1 cm³/mol. The molecule has 0 aliphatic carbocycles. The molecule has 19 heavy (non-hydrogen) atoms. The normalized spacial score (nSPS) is 21.3. The van der Waals surface area contributed by atoms with E-state index in [1.165, 1.54) is 24.1 Å². The lowest BCUT2D eigenvalue weighted by molar-refractivity contribution is 0.0216. The quantitative estimate of drug-likeness (QED) is 0.871. The van der Waals surface area contributed by atoms with Gasteiger partial charge in [0.15, 0.2) is 5.13 Å². The highest BCUT2D eigenvalue weighted by Gasteiger charge is 2.18. The van der Waals surface area contributed by atoms with E-state index >= 15 is 0 Å². The number of aromatic nitrogens is 1. The molecule has 2 heterocycles. The standard InChI is InChI=1S/C14H25N3OS/c1-4-15-11(2)13-9-16-14(19-13)17(3)10-12-7-5-6-8-18-12/h9,11-12,15H,4-8,10H2,1-3H3. The maximum Gasteiger partial charge on any atom is 0.185 e. The molecular weight excluding hydrogens is 258 g/mol. The van der Waals surface area contributed by atoms with E-state index in [0.29, 0.717) is 12.1 Å². The van der Waals surface area contributed by atoms with Crippen LogP contribution in [0.4, 0.5) is 5.13 Å². The number of nitrogens with one attached hydrogen (secondary N) is 1. The molecule has 0 bridgehead atoms. The first-order chi connectivity index (χ1) is 9.20. The van der Waals surface area contributed by atoms with E-state index in [-0.39, 0.29) is 0 Å². The van der Waals surface area contributed by atoms with Gasteiger partial charge in [-0.1, -0.05) is 6.92 Å². The van der Waals surface area contributed by atoms with Crippen LogP contribution in [0.15, 0.2) is 6.20 Å². The Hall–Kier alpha value is -0.650. The van der Waals surface area contributed by atoms with E-state index < -0.39 is 0 Å². The minimum atomic E-state index is 0.372. The van der Waals surface area contributed by atoms with Crippen LogP contribution >= 0.6 is 11.3 Å². The summed E-state index contributed by atoms with van der Waals surface area (Å²) in [5, 5.41) is 4.51. The molecule has 1 aromatic heterocycles. The van der Waals surface area contributed by atoms with Gasteiger partial charge in [0, 0.05) is 37.3 Å². The highest BCUT2D eigenvalue weighted by atomic mass is 32.1. The van der Waals surface area contributed by atoms with Crippen LogP contribution < -0.4 is 10.2 Å². The molecule has 1 N–H and O–H groups in total. The van der Waals surface area contributed by atoms with Crippen molar-refractivity contribution >= 4 is 16.5 Å². The number of anilines is 1. The van der Waals surface area contributed by atoms with Crippen molar-refractivity contribution in [2.75, 3.05) is 31.6 Å². The molecule has 1 aliphatic rings. The Morgan fingerprint density at radius 2 is 2.42 bits per heavy atom. The van der Waals surface area contributed by atoms with Crippen LogP contribution in [0.25, 0.3) is 0 Å². The number of thiazole rings is 1. The molecule has 2 atom stereocenters. The Morgan fingerprint density at radius 3 is 3.11 bits per heavy atom. The second-order valence-electron chi connectivity index (χ2n) is 5.19. The van der Waals surface area contributed by atoms with E-state index in [2.05, 4.69) is 36.1 Å². The Morgan fingerprint density at radius 1 is 1.58 bits per heavy atom. The van der Waals surface area contributed by atoms with Gasteiger partial charge in [0.1, 0.15) is 0 Å². The number of hydrogen-bond acceptors (Lipinski definition) is 5. The summed E-state index contributed by atoms with van der Waals surface area (Å²) in [7, 11) is 2.11. The van der Waals surface area contributed by atoms with Crippen LogP contribution in [0, 0.1) is 0 Å². The average molecular weight is 283 g/mol. The summed E-state index contributed by atoms with van der Waals surface area (Å²) >= 11 is 1.77. The first-order valence-electron chi connectivity index (χ1n) is 7.22. The zero-order chi connectivity index (χ0) is 13.7. The molecule has 1 aliphatic heterocycles. The van der Waals surface area contributed by atoms with Crippen molar-refractivity contribution in [3.05, 3.63) is 11.1 Å². The van der Waals surface area contributed by atoms with Gasteiger partial charge in [-0.05, 0) is 32.7 Å². The van der Waals surface area contributed by atoms with Gasteiger partial charge in [-0.15, -0.1) is 11.3 Å². The Bertz CT molecular complexity index is 377. The third kappa shape index (κ3) is 4.16. The van der Waals surface area contributed by atoms with Crippen LogP contribution in [0.2, 0.25) is 0 Å². The molecule has 4 nitrogen and oxygen atoms in total. The number of ether oxygens (including phenoxy) is 1. The van der Waals surface area contributed by atoms with Crippen LogP contribution in [-0.2, 0) is 4.74 Å². The van der Waals surface area contributed by atoms with Gasteiger partial charge >= 0.3 is 0 Å². The maximum absolute atomic E-state index is 5.79. The van der Waals surface area contributed by atoms with E-state index in [9.17, 15) is 0 Å². The molecule has 5 heteroatoms. The summed E-state index contributed by atoms with van der Waals surface area (Å²) in [6.45, 7) is 7.16. The largest absolute Gasteiger partial charge is 0.376 e. The predicted octanol–water partition coefficient (Wildman–Crippen LogP) is 2.82. The summed E-state index contributed by atoms with van der Waals surface area (Å²) in [6.07, 6.45) is 6.04. The van der Waals surface area contributed by atoms with Gasteiger partial charge in [0.2, 0.25) is 0 Å². The average Bonchev–Trinajstić information content (AvgIpc) is 2.90. The van der Waals surface area contributed by atoms with Crippen molar-refractivity contribution in [2.24, 2.45) is 0 Å². The Kier molecular flexibility index (Phi) is 5.60. The lowest BCUT2D eigenvalue weighted by Gasteiger charge is -2.27. The van der Waals surface area contributed by atoms with E-state index in [4.69, 9.17) is 4.74 Å². The molecule has 1 fully saturated rings. The Labute approximate surface area is 120 Å². The zero-order valence-electron chi connectivity index (χ0n) is 12.2. The molecule has 1 aromatic rings. The topological polar surface area (TPSA) is 37.4 Å². The molecule has 0 saturated carbocycles. The SMILES string of the molecule is CCNC(C)c1cnc(N(C)CC2CCCCO2)s1. The minimum absolute atomic E-state index is 0.372. The van der Waals surface area contributed by atoms with Crippen molar-refractivity contribution < 1.29 is 4.74 Å². The second kappa shape index (κ2) is 7.22. The van der Waals surface area contributed by atoms with Crippen LogP contribution in [-0.4, -0.2) is 37.8 Å². The van der Waals surface area contributed by atoms with Gasteiger partial charge < -0.3 is 15.0 Å². The molecule has 2 unspecified atom stereocenters. The molecule has 0 radical (unpaired) electrons. The maximum atomic E-state index is 5.79. The first kappa shape index (κ1) is 14.8. The van der Waals surface area contributed by atoms with Gasteiger partial charge in [-0.25, -0.2) is 4.98 Å². The third-order valence-corrected chi connectivity index (χ3v) is 4.82. The summed E-state index contributed by atoms with van der Waals surface area (Å²) < 4.78 is 5.79.